The van der Waals surface area contributed by atoms with E-state index in [1.54, 1.807) is 0 Å². The lowest BCUT2D eigenvalue weighted by atomic mass is 9.99. The van der Waals surface area contributed by atoms with E-state index in [1.165, 1.54) is 25.7 Å². The summed E-state index contributed by atoms with van der Waals surface area (Å²) in [6, 6.07) is 0. The van der Waals surface area contributed by atoms with Crippen LogP contribution in [0.1, 0.15) is 123 Å². The normalized spacial score (nSPS) is 22.3. The van der Waals surface area contributed by atoms with Gasteiger partial charge in [-0.25, -0.2) is 0 Å². The van der Waals surface area contributed by atoms with Crippen LogP contribution in [0.3, 0.4) is 0 Å². The molecule has 1 rings (SSSR count). The van der Waals surface area contributed by atoms with E-state index < -0.39 is 55.4 Å². The summed E-state index contributed by atoms with van der Waals surface area (Å²) in [7, 11) is 0. The molecule has 0 amide bonds. The summed E-state index contributed by atoms with van der Waals surface area (Å²) in [6.07, 6.45) is 24.2. The number of unbranched alkanes of at least 4 members (excludes halogenated alkanes) is 12. The largest absolute Gasteiger partial charge is 0.462 e. The molecule has 48 heavy (non-hydrogen) atoms. The second-order valence-electron chi connectivity index (χ2n) is 12.4. The Balaban J connectivity index is 2.42. The number of rotatable bonds is 28. The Morgan fingerprint density at radius 1 is 0.667 bits per heavy atom. The first-order valence-electron chi connectivity index (χ1n) is 18.3. The van der Waals surface area contributed by atoms with E-state index in [2.05, 4.69) is 32.1 Å². The first kappa shape index (κ1) is 43.7. The van der Waals surface area contributed by atoms with Gasteiger partial charge in [-0.1, -0.05) is 127 Å². The molecule has 0 aliphatic carbocycles. The average molecular weight is 681 g/mol. The van der Waals surface area contributed by atoms with Crippen LogP contribution in [0.5, 0.6) is 0 Å². The maximum atomic E-state index is 12.6. The first-order chi connectivity index (χ1) is 23.3. The highest BCUT2D eigenvalue weighted by atomic mass is 16.7. The van der Waals surface area contributed by atoms with E-state index in [9.17, 15) is 30.0 Å². The van der Waals surface area contributed by atoms with Crippen molar-refractivity contribution in [2.45, 2.75) is 160 Å². The Bertz CT molecular complexity index is 928. The van der Waals surface area contributed by atoms with E-state index >= 15 is 0 Å². The van der Waals surface area contributed by atoms with Crippen LogP contribution in [-0.4, -0.2) is 89.0 Å². The van der Waals surface area contributed by atoms with Crippen LogP contribution >= 0.6 is 0 Å². The van der Waals surface area contributed by atoms with Crippen LogP contribution in [0.25, 0.3) is 0 Å². The van der Waals surface area contributed by atoms with Gasteiger partial charge in [0.05, 0.1) is 13.2 Å². The molecule has 10 nitrogen and oxygen atoms in total. The highest BCUT2D eigenvalue weighted by molar-refractivity contribution is 5.70. The monoisotopic (exact) mass is 680 g/mol. The molecule has 276 valence electrons. The van der Waals surface area contributed by atoms with Crippen molar-refractivity contribution in [3.05, 3.63) is 48.6 Å². The second kappa shape index (κ2) is 29.6. The first-order valence-corrected chi connectivity index (χ1v) is 18.3. The predicted octanol–water partition coefficient (Wildman–Crippen LogP) is 6.15. The third-order valence-corrected chi connectivity index (χ3v) is 8.07. The number of aliphatic hydroxyl groups excluding tert-OH is 4. The molecule has 0 saturated carbocycles. The van der Waals surface area contributed by atoms with E-state index in [4.69, 9.17) is 18.9 Å². The molecule has 0 aromatic carbocycles. The van der Waals surface area contributed by atoms with Crippen molar-refractivity contribution < 1.29 is 49.0 Å². The third kappa shape index (κ3) is 21.6. The molecular formula is C38H64O10. The van der Waals surface area contributed by atoms with Gasteiger partial charge in [-0.05, 0) is 32.1 Å². The zero-order valence-corrected chi connectivity index (χ0v) is 29.5. The summed E-state index contributed by atoms with van der Waals surface area (Å²) < 4.78 is 21.9. The molecule has 0 aromatic heterocycles. The summed E-state index contributed by atoms with van der Waals surface area (Å²) in [5, 5.41) is 39.8. The smallest absolute Gasteiger partial charge is 0.306 e. The second-order valence-corrected chi connectivity index (χ2v) is 12.4. The van der Waals surface area contributed by atoms with Crippen molar-refractivity contribution in [2.24, 2.45) is 0 Å². The standard InChI is InChI=1S/C38H64O10/c1-3-5-7-9-11-13-14-15-16-17-18-19-21-22-24-26-33(40)45-29-31(47-34(41)27-25-23-20-12-10-8-6-4-2)30-46-38-37(44)36(43)35(42)32(28-39)48-38/h5,7,9,11,13-16,31-32,35-39,42-44H,3-4,6,8,10,12,17-30H2,1-2H3/b7-5+,11-9+,14-13+,16-15+/t31-,32-,35+,36?,37?,38-/m0/s1. The number of aliphatic hydroxyl groups is 4. The molecule has 10 heteroatoms. The Morgan fingerprint density at radius 3 is 1.85 bits per heavy atom. The van der Waals surface area contributed by atoms with Gasteiger partial charge in [-0.3, -0.25) is 9.59 Å². The van der Waals surface area contributed by atoms with Crippen LogP contribution in [0, 0.1) is 0 Å². The third-order valence-electron chi connectivity index (χ3n) is 8.07. The summed E-state index contributed by atoms with van der Waals surface area (Å²) in [4.78, 5) is 25.0. The van der Waals surface area contributed by atoms with Gasteiger partial charge in [-0.2, -0.15) is 0 Å². The highest BCUT2D eigenvalue weighted by Crippen LogP contribution is 2.22. The number of esters is 2. The molecular weight excluding hydrogens is 616 g/mol. The van der Waals surface area contributed by atoms with Crippen LogP contribution in [0.15, 0.2) is 48.6 Å². The molecule has 0 radical (unpaired) electrons. The van der Waals surface area contributed by atoms with Gasteiger partial charge in [0.25, 0.3) is 0 Å². The molecule has 1 aliphatic heterocycles. The van der Waals surface area contributed by atoms with Gasteiger partial charge in [0.2, 0.25) is 0 Å². The van der Waals surface area contributed by atoms with Crippen LogP contribution in [0.2, 0.25) is 0 Å². The molecule has 1 heterocycles. The lowest BCUT2D eigenvalue weighted by molar-refractivity contribution is -0.305. The zero-order chi connectivity index (χ0) is 35.2. The van der Waals surface area contributed by atoms with Crippen molar-refractivity contribution in [2.75, 3.05) is 19.8 Å². The Morgan fingerprint density at radius 2 is 1.23 bits per heavy atom. The highest BCUT2D eigenvalue weighted by Gasteiger charge is 2.44. The van der Waals surface area contributed by atoms with E-state index in [0.717, 1.165) is 57.8 Å². The number of ether oxygens (including phenoxy) is 4. The fraction of sp³-hybridized carbons (Fsp3) is 0.737. The number of carbonyl (C=O) groups is 2. The Hall–Kier alpha value is -2.34. The average Bonchev–Trinajstić information content (AvgIpc) is 3.08. The molecule has 0 bridgehead atoms. The van der Waals surface area contributed by atoms with Crippen LogP contribution in [0.4, 0.5) is 0 Å². The van der Waals surface area contributed by atoms with E-state index in [0.29, 0.717) is 12.8 Å². The van der Waals surface area contributed by atoms with Crippen molar-refractivity contribution in [1.82, 2.24) is 0 Å². The van der Waals surface area contributed by atoms with Gasteiger partial charge in [-0.15, -0.1) is 0 Å². The van der Waals surface area contributed by atoms with Gasteiger partial charge >= 0.3 is 11.9 Å². The number of hydrogen-bond acceptors (Lipinski definition) is 10. The van der Waals surface area contributed by atoms with E-state index in [1.807, 2.05) is 30.4 Å². The van der Waals surface area contributed by atoms with Gasteiger partial charge in [0.1, 0.15) is 31.0 Å². The summed E-state index contributed by atoms with van der Waals surface area (Å²) >= 11 is 0. The molecule has 1 aliphatic rings. The molecule has 1 fully saturated rings. The fourth-order valence-electron chi connectivity index (χ4n) is 5.14. The number of hydrogen-bond donors (Lipinski definition) is 4. The number of carbonyl (C=O) groups excluding carboxylic acids is 2. The predicted molar refractivity (Wildman–Crippen MR) is 187 cm³/mol. The lowest BCUT2D eigenvalue weighted by Gasteiger charge is -2.39. The van der Waals surface area contributed by atoms with Gasteiger partial charge in [0, 0.05) is 12.8 Å². The summed E-state index contributed by atoms with van der Waals surface area (Å²) in [6.45, 7) is 3.18. The SMILES string of the molecule is CC/C=C/C=C/C=C/C=C/CCCCCCCC(=O)OC[C@@H](CO[C@H]1O[C@@H](CO)[C@@H](O)C(O)C1O)OC(=O)CCCCCCCCCC. The van der Waals surface area contributed by atoms with Gasteiger partial charge in [0.15, 0.2) is 12.4 Å². The molecule has 2 unspecified atom stereocenters. The topological polar surface area (TPSA) is 152 Å². The molecule has 6 atom stereocenters. The molecule has 1 saturated heterocycles. The van der Waals surface area contributed by atoms with Crippen molar-refractivity contribution in [1.29, 1.82) is 0 Å². The zero-order valence-electron chi connectivity index (χ0n) is 29.5. The maximum absolute atomic E-state index is 12.6. The van der Waals surface area contributed by atoms with Crippen LogP contribution in [-0.2, 0) is 28.5 Å². The van der Waals surface area contributed by atoms with Gasteiger partial charge < -0.3 is 39.4 Å². The summed E-state index contributed by atoms with van der Waals surface area (Å²) in [5.41, 5.74) is 0. The van der Waals surface area contributed by atoms with Crippen LogP contribution < -0.4 is 0 Å². The van der Waals surface area contributed by atoms with Crippen molar-refractivity contribution in [3.8, 4) is 0 Å². The Kier molecular flexibility index (Phi) is 26.9. The lowest BCUT2D eigenvalue weighted by Crippen LogP contribution is -2.59. The molecule has 0 aromatic rings. The Labute approximate surface area is 288 Å². The minimum atomic E-state index is -1.60. The minimum Gasteiger partial charge on any atom is -0.462 e. The quantitative estimate of drug-likeness (QED) is 0.0430. The fourth-order valence-corrected chi connectivity index (χ4v) is 5.14. The molecule has 4 N–H and O–H groups in total. The van der Waals surface area contributed by atoms with E-state index in [-0.39, 0.29) is 26.1 Å². The molecule has 0 spiro atoms. The maximum Gasteiger partial charge on any atom is 0.306 e. The minimum absolute atomic E-state index is 0.222. The van der Waals surface area contributed by atoms with Crippen molar-refractivity contribution >= 4 is 11.9 Å². The summed E-state index contributed by atoms with van der Waals surface area (Å²) in [5.74, 6) is -0.845. The van der Waals surface area contributed by atoms with Crippen molar-refractivity contribution in [3.63, 3.8) is 0 Å². The number of allylic oxidation sites excluding steroid dienone is 8.